The number of piperidine rings is 1. The van der Waals surface area contributed by atoms with Crippen LogP contribution in [0.2, 0.25) is 0 Å². The first-order valence-corrected chi connectivity index (χ1v) is 6.86. The molecule has 0 saturated carbocycles. The summed E-state index contributed by atoms with van der Waals surface area (Å²) in [5.41, 5.74) is 1.72. The van der Waals surface area contributed by atoms with E-state index in [1.807, 2.05) is 22.4 Å². The van der Waals surface area contributed by atoms with Gasteiger partial charge in [0.1, 0.15) is 5.69 Å². The Labute approximate surface area is 104 Å². The van der Waals surface area contributed by atoms with Crippen LogP contribution in [0, 0.1) is 6.92 Å². The highest BCUT2D eigenvalue weighted by Crippen LogP contribution is 2.18. The normalized spacial score (nSPS) is 16.6. The van der Waals surface area contributed by atoms with E-state index in [1.165, 1.54) is 6.42 Å². The fourth-order valence-electron chi connectivity index (χ4n) is 2.26. The number of hydrogen-bond donors (Lipinski definition) is 0. The summed E-state index contributed by atoms with van der Waals surface area (Å²) in [7, 11) is 0. The molecule has 5 heteroatoms. The molecule has 2 aromatic heterocycles. The number of aromatic nitrogens is 2. The number of thiazole rings is 1. The highest BCUT2D eigenvalue weighted by atomic mass is 32.1. The second-order valence-corrected chi connectivity index (χ2v) is 5.35. The summed E-state index contributed by atoms with van der Waals surface area (Å²) in [4.78, 5) is 19.5. The number of rotatable bonds is 1. The van der Waals surface area contributed by atoms with Gasteiger partial charge in [0.05, 0.1) is 0 Å². The van der Waals surface area contributed by atoms with Crippen LogP contribution in [0.3, 0.4) is 0 Å². The van der Waals surface area contributed by atoms with Gasteiger partial charge in [-0.2, -0.15) is 0 Å². The molecule has 1 aliphatic heterocycles. The molecule has 0 aliphatic carbocycles. The van der Waals surface area contributed by atoms with Crippen molar-refractivity contribution in [2.45, 2.75) is 26.2 Å². The molecule has 0 spiro atoms. The number of carbonyl (C=O) groups excluding carboxylic acids is 1. The van der Waals surface area contributed by atoms with Gasteiger partial charge in [-0.3, -0.25) is 9.20 Å². The average molecular weight is 249 g/mol. The molecule has 0 bridgehead atoms. The van der Waals surface area contributed by atoms with E-state index in [0.717, 1.165) is 36.6 Å². The number of fused-ring (bicyclic) bond motifs is 1. The summed E-state index contributed by atoms with van der Waals surface area (Å²) in [6.45, 7) is 3.78. The lowest BCUT2D eigenvalue weighted by Gasteiger charge is -2.25. The third-order valence-corrected chi connectivity index (χ3v) is 4.21. The molecule has 3 rings (SSSR count). The van der Waals surface area contributed by atoms with Crippen LogP contribution in [-0.4, -0.2) is 33.3 Å². The van der Waals surface area contributed by atoms with Crippen LogP contribution >= 0.6 is 11.3 Å². The summed E-state index contributed by atoms with van der Waals surface area (Å²) < 4.78 is 1.99. The van der Waals surface area contributed by atoms with E-state index >= 15 is 0 Å². The zero-order valence-corrected chi connectivity index (χ0v) is 10.7. The molecule has 1 amide bonds. The molecule has 2 aromatic rings. The van der Waals surface area contributed by atoms with E-state index in [4.69, 9.17) is 0 Å². The standard InChI is InChI=1S/C12H15N3OS/c1-9-8-17-12-13-10(7-15(9)12)11(16)14-5-3-2-4-6-14/h7-8H,2-6H2,1H3. The van der Waals surface area contributed by atoms with Crippen LogP contribution < -0.4 is 0 Å². The molecule has 0 atom stereocenters. The van der Waals surface area contributed by atoms with E-state index in [9.17, 15) is 4.79 Å². The molecule has 0 unspecified atom stereocenters. The predicted octanol–water partition coefficient (Wildman–Crippen LogP) is 2.33. The number of nitrogens with zero attached hydrogens (tertiary/aromatic N) is 3. The summed E-state index contributed by atoms with van der Waals surface area (Å²) in [5.74, 6) is 0.0833. The molecular formula is C12H15N3OS. The van der Waals surface area contributed by atoms with Crippen molar-refractivity contribution in [2.24, 2.45) is 0 Å². The molecule has 1 saturated heterocycles. The van der Waals surface area contributed by atoms with Crippen LogP contribution in [0.25, 0.3) is 4.96 Å². The second-order valence-electron chi connectivity index (χ2n) is 4.51. The smallest absolute Gasteiger partial charge is 0.274 e. The quantitative estimate of drug-likeness (QED) is 0.778. The van der Waals surface area contributed by atoms with Crippen molar-refractivity contribution in [3.63, 3.8) is 0 Å². The van der Waals surface area contributed by atoms with Crippen LogP contribution in [0.5, 0.6) is 0 Å². The Morgan fingerprint density at radius 2 is 2.12 bits per heavy atom. The molecular weight excluding hydrogens is 234 g/mol. The van der Waals surface area contributed by atoms with Gasteiger partial charge >= 0.3 is 0 Å². The third kappa shape index (κ3) is 1.84. The van der Waals surface area contributed by atoms with E-state index in [0.29, 0.717) is 5.69 Å². The van der Waals surface area contributed by atoms with E-state index in [-0.39, 0.29) is 5.91 Å². The Balaban J connectivity index is 1.89. The highest BCUT2D eigenvalue weighted by molar-refractivity contribution is 7.15. The van der Waals surface area contributed by atoms with Gasteiger partial charge in [0, 0.05) is 30.4 Å². The maximum atomic E-state index is 12.2. The third-order valence-electron chi connectivity index (χ3n) is 3.25. The summed E-state index contributed by atoms with van der Waals surface area (Å²) in [6.07, 6.45) is 5.33. The molecule has 0 radical (unpaired) electrons. The lowest BCUT2D eigenvalue weighted by Crippen LogP contribution is -2.35. The topological polar surface area (TPSA) is 37.6 Å². The van der Waals surface area contributed by atoms with Gasteiger partial charge in [-0.15, -0.1) is 11.3 Å². The van der Waals surface area contributed by atoms with Crippen molar-refractivity contribution >= 4 is 22.2 Å². The fraction of sp³-hybridized carbons (Fsp3) is 0.500. The number of imidazole rings is 1. The van der Waals surface area contributed by atoms with Crippen LogP contribution in [0.4, 0.5) is 0 Å². The summed E-state index contributed by atoms with van der Waals surface area (Å²) in [6, 6.07) is 0. The molecule has 1 aliphatic rings. The monoisotopic (exact) mass is 249 g/mol. The Kier molecular flexibility index (Phi) is 2.63. The number of carbonyl (C=O) groups is 1. The molecule has 3 heterocycles. The van der Waals surface area contributed by atoms with Crippen molar-refractivity contribution < 1.29 is 4.79 Å². The van der Waals surface area contributed by atoms with Crippen LogP contribution in [0.1, 0.15) is 35.4 Å². The number of aryl methyl sites for hydroxylation is 1. The van der Waals surface area contributed by atoms with E-state index < -0.39 is 0 Å². The minimum absolute atomic E-state index is 0.0833. The van der Waals surface area contributed by atoms with E-state index in [1.54, 1.807) is 11.3 Å². The zero-order valence-electron chi connectivity index (χ0n) is 9.85. The Hall–Kier alpha value is -1.36. The first-order valence-electron chi connectivity index (χ1n) is 5.98. The maximum absolute atomic E-state index is 12.2. The van der Waals surface area contributed by atoms with Crippen molar-refractivity contribution in [3.8, 4) is 0 Å². The van der Waals surface area contributed by atoms with Crippen molar-refractivity contribution in [3.05, 3.63) is 23.0 Å². The van der Waals surface area contributed by atoms with Gasteiger partial charge in [-0.05, 0) is 26.2 Å². The second kappa shape index (κ2) is 4.14. The molecule has 90 valence electrons. The maximum Gasteiger partial charge on any atom is 0.274 e. The molecule has 4 nitrogen and oxygen atoms in total. The summed E-state index contributed by atoms with van der Waals surface area (Å²) >= 11 is 1.58. The molecule has 1 fully saturated rings. The van der Waals surface area contributed by atoms with Gasteiger partial charge in [-0.1, -0.05) is 0 Å². The van der Waals surface area contributed by atoms with Crippen molar-refractivity contribution in [1.82, 2.24) is 14.3 Å². The van der Waals surface area contributed by atoms with Gasteiger partial charge in [-0.25, -0.2) is 4.98 Å². The SMILES string of the molecule is Cc1csc2nc(C(=O)N3CCCCC3)cn12. The number of amides is 1. The highest BCUT2D eigenvalue weighted by Gasteiger charge is 2.21. The molecule has 17 heavy (non-hydrogen) atoms. The van der Waals surface area contributed by atoms with Crippen LogP contribution in [0.15, 0.2) is 11.6 Å². The lowest BCUT2D eigenvalue weighted by atomic mass is 10.1. The van der Waals surface area contributed by atoms with Gasteiger partial charge < -0.3 is 4.90 Å². The van der Waals surface area contributed by atoms with E-state index in [2.05, 4.69) is 10.4 Å². The van der Waals surface area contributed by atoms with Crippen molar-refractivity contribution in [1.29, 1.82) is 0 Å². The predicted molar refractivity (Wildman–Crippen MR) is 67.6 cm³/mol. The van der Waals surface area contributed by atoms with Gasteiger partial charge in [0.2, 0.25) is 0 Å². The molecule has 0 N–H and O–H groups in total. The average Bonchev–Trinajstić information content (AvgIpc) is 2.92. The first-order chi connectivity index (χ1) is 8.25. The Bertz CT molecular complexity index is 551. The first kappa shape index (κ1) is 10.8. The molecule has 0 aromatic carbocycles. The van der Waals surface area contributed by atoms with Crippen LogP contribution in [-0.2, 0) is 0 Å². The van der Waals surface area contributed by atoms with Gasteiger partial charge in [0.25, 0.3) is 5.91 Å². The Morgan fingerprint density at radius 3 is 2.82 bits per heavy atom. The van der Waals surface area contributed by atoms with Crippen molar-refractivity contribution in [2.75, 3.05) is 13.1 Å². The zero-order chi connectivity index (χ0) is 11.8. The Morgan fingerprint density at radius 1 is 1.35 bits per heavy atom. The number of hydrogen-bond acceptors (Lipinski definition) is 3. The lowest BCUT2D eigenvalue weighted by molar-refractivity contribution is 0.0719. The minimum Gasteiger partial charge on any atom is -0.337 e. The summed E-state index contributed by atoms with van der Waals surface area (Å²) in [5, 5.41) is 2.05. The van der Waals surface area contributed by atoms with Gasteiger partial charge in [0.15, 0.2) is 4.96 Å². The fourth-order valence-corrected chi connectivity index (χ4v) is 3.11. The largest absolute Gasteiger partial charge is 0.337 e. The number of likely N-dealkylation sites (tertiary alicyclic amines) is 1. The minimum atomic E-state index is 0.0833.